The van der Waals surface area contributed by atoms with Crippen LogP contribution in [0, 0.1) is 0 Å². The molecule has 1 aromatic carbocycles. The van der Waals surface area contributed by atoms with Crippen LogP contribution < -0.4 is 11.3 Å². The summed E-state index contributed by atoms with van der Waals surface area (Å²) in [6.45, 7) is 2.03. The smallest absolute Gasteiger partial charge is 0.337 e. The van der Waals surface area contributed by atoms with Gasteiger partial charge >= 0.3 is 5.97 Å². The third-order valence-corrected chi connectivity index (χ3v) is 4.51. The molecule has 3 N–H and O–H groups in total. The average Bonchev–Trinajstić information content (AvgIpc) is 3.01. The Morgan fingerprint density at radius 2 is 2.15 bits per heavy atom. The van der Waals surface area contributed by atoms with Gasteiger partial charge in [-0.15, -0.1) is 0 Å². The van der Waals surface area contributed by atoms with Crippen LogP contribution in [0.15, 0.2) is 29.1 Å². The van der Waals surface area contributed by atoms with Crippen molar-refractivity contribution in [3.05, 3.63) is 57.0 Å². The summed E-state index contributed by atoms with van der Waals surface area (Å²) in [5.41, 5.74) is 8.81. The molecule has 3 heterocycles. The largest absolute Gasteiger partial charge is 0.465 e. The van der Waals surface area contributed by atoms with E-state index in [4.69, 9.17) is 10.5 Å². The lowest BCUT2D eigenvalue weighted by molar-refractivity contribution is 0.0600. The Kier molecular flexibility index (Phi) is 3.92. The number of benzene rings is 1. The van der Waals surface area contributed by atoms with Gasteiger partial charge < -0.3 is 10.5 Å². The number of anilines is 1. The van der Waals surface area contributed by atoms with Crippen LogP contribution in [0.1, 0.15) is 27.2 Å². The molecule has 0 saturated heterocycles. The molecular weight excluding hydrogens is 336 g/mol. The second kappa shape index (κ2) is 6.26. The number of hydrogen-bond acceptors (Lipinski definition) is 7. The van der Waals surface area contributed by atoms with E-state index < -0.39 is 0 Å². The molecule has 1 aliphatic rings. The van der Waals surface area contributed by atoms with Crippen molar-refractivity contribution in [2.75, 3.05) is 19.4 Å². The third-order valence-electron chi connectivity index (χ3n) is 4.51. The summed E-state index contributed by atoms with van der Waals surface area (Å²) in [6, 6.07) is 7.11. The van der Waals surface area contributed by atoms with Crippen molar-refractivity contribution >= 4 is 17.7 Å². The van der Waals surface area contributed by atoms with Gasteiger partial charge in [-0.25, -0.2) is 9.78 Å². The number of aromatic nitrogens is 4. The van der Waals surface area contributed by atoms with Crippen LogP contribution >= 0.6 is 0 Å². The highest BCUT2D eigenvalue weighted by molar-refractivity contribution is 5.89. The van der Waals surface area contributed by atoms with E-state index in [1.165, 1.54) is 23.3 Å². The lowest BCUT2D eigenvalue weighted by Crippen LogP contribution is -2.31. The molecule has 0 radical (unpaired) electrons. The molecule has 0 bridgehead atoms. The summed E-state index contributed by atoms with van der Waals surface area (Å²) in [5, 5.41) is 2.64. The maximum atomic E-state index is 12.1. The van der Waals surface area contributed by atoms with E-state index in [9.17, 15) is 9.59 Å². The van der Waals surface area contributed by atoms with Gasteiger partial charge in [-0.1, -0.05) is 6.07 Å². The Hall–Kier alpha value is -3.20. The maximum Gasteiger partial charge on any atom is 0.337 e. The van der Waals surface area contributed by atoms with E-state index in [-0.39, 0.29) is 23.3 Å². The molecule has 134 valence electrons. The van der Waals surface area contributed by atoms with Crippen LogP contribution in [0.5, 0.6) is 0 Å². The molecule has 4 rings (SSSR count). The molecule has 0 atom stereocenters. The van der Waals surface area contributed by atoms with Gasteiger partial charge in [-0.05, 0) is 29.7 Å². The molecule has 1 aliphatic heterocycles. The van der Waals surface area contributed by atoms with Gasteiger partial charge in [0.1, 0.15) is 0 Å². The van der Waals surface area contributed by atoms with Crippen LogP contribution in [-0.4, -0.2) is 44.1 Å². The Morgan fingerprint density at radius 1 is 1.31 bits per heavy atom. The van der Waals surface area contributed by atoms with Gasteiger partial charge in [0.2, 0.25) is 5.95 Å². The zero-order chi connectivity index (χ0) is 18.3. The van der Waals surface area contributed by atoms with Crippen LogP contribution in [0.2, 0.25) is 0 Å². The quantitative estimate of drug-likeness (QED) is 0.651. The molecule has 0 spiro atoms. The van der Waals surface area contributed by atoms with Gasteiger partial charge in [0.05, 0.1) is 18.4 Å². The number of methoxy groups -OCH3 is 1. The first-order valence-corrected chi connectivity index (χ1v) is 8.20. The molecule has 9 nitrogen and oxygen atoms in total. The van der Waals surface area contributed by atoms with Crippen molar-refractivity contribution in [3.8, 4) is 0 Å². The molecule has 0 unspecified atom stereocenters. The minimum absolute atomic E-state index is 0.147. The standard InChI is InChI=1S/C17H18N6O3/c1-26-15(25)11-3-2-10-4-5-22(8-12(10)6-11)9-13-7-14(24)23-17(19-13)20-16(18)21-23/h2-3,6-7H,4-5,8-9H2,1H3,(H3,18,19,20,21). The minimum Gasteiger partial charge on any atom is -0.465 e. The van der Waals surface area contributed by atoms with Gasteiger partial charge in [-0.3, -0.25) is 14.8 Å². The van der Waals surface area contributed by atoms with Crippen LogP contribution in [-0.2, 0) is 24.2 Å². The first kappa shape index (κ1) is 16.3. The molecular formula is C17H18N6O3. The van der Waals surface area contributed by atoms with Gasteiger partial charge in [-0.2, -0.15) is 9.50 Å². The van der Waals surface area contributed by atoms with Crippen LogP contribution in [0.4, 0.5) is 5.95 Å². The highest BCUT2D eigenvalue weighted by Gasteiger charge is 2.19. The Morgan fingerprint density at radius 3 is 2.96 bits per heavy atom. The molecule has 0 aliphatic carbocycles. The Bertz CT molecular complexity index is 1050. The Balaban J connectivity index is 1.57. The molecule has 3 aromatic rings. The number of fused-ring (bicyclic) bond motifs is 2. The lowest BCUT2D eigenvalue weighted by atomic mass is 9.97. The Labute approximate surface area is 148 Å². The van der Waals surface area contributed by atoms with Crippen molar-refractivity contribution in [2.24, 2.45) is 0 Å². The third kappa shape index (κ3) is 2.93. The van der Waals surface area contributed by atoms with E-state index in [2.05, 4.69) is 20.0 Å². The number of nitrogens with two attached hydrogens (primary N) is 1. The van der Waals surface area contributed by atoms with E-state index in [1.54, 1.807) is 6.07 Å². The van der Waals surface area contributed by atoms with Gasteiger partial charge in [0.25, 0.3) is 11.3 Å². The van der Waals surface area contributed by atoms with E-state index >= 15 is 0 Å². The second-order valence-corrected chi connectivity index (χ2v) is 6.27. The number of ether oxygens (including phenoxy) is 1. The van der Waals surface area contributed by atoms with E-state index in [0.717, 1.165) is 18.5 Å². The number of carbonyl (C=O) groups is 1. The fourth-order valence-electron chi connectivity index (χ4n) is 3.25. The fourth-order valence-corrected chi connectivity index (χ4v) is 3.25. The van der Waals surface area contributed by atoms with Crippen molar-refractivity contribution in [2.45, 2.75) is 19.5 Å². The first-order chi connectivity index (χ1) is 12.5. The monoisotopic (exact) mass is 354 g/mol. The molecule has 2 aromatic heterocycles. The SMILES string of the molecule is COC(=O)c1ccc2c(c1)CN(Cc1cc(=O)n3[nH]c(N)nc3n1)CC2. The number of H-pyrrole nitrogens is 1. The average molecular weight is 354 g/mol. The number of nitrogens with zero attached hydrogens (tertiary/aromatic N) is 4. The molecule has 0 amide bonds. The molecule has 26 heavy (non-hydrogen) atoms. The fraction of sp³-hybridized carbons (Fsp3) is 0.294. The first-order valence-electron chi connectivity index (χ1n) is 8.20. The number of esters is 1. The summed E-state index contributed by atoms with van der Waals surface area (Å²) in [4.78, 5) is 34.4. The van der Waals surface area contributed by atoms with E-state index in [1.807, 2.05) is 12.1 Å². The predicted octanol–water partition coefficient (Wildman–Crippen LogP) is 0.345. The number of aromatic amines is 1. The zero-order valence-corrected chi connectivity index (χ0v) is 14.2. The van der Waals surface area contributed by atoms with Crippen molar-refractivity contribution in [3.63, 3.8) is 0 Å². The van der Waals surface area contributed by atoms with E-state index in [0.29, 0.717) is 24.3 Å². The number of rotatable bonds is 3. The topological polar surface area (TPSA) is 119 Å². The second-order valence-electron chi connectivity index (χ2n) is 6.27. The highest BCUT2D eigenvalue weighted by Crippen LogP contribution is 2.22. The van der Waals surface area contributed by atoms with Crippen molar-refractivity contribution in [1.29, 1.82) is 0 Å². The van der Waals surface area contributed by atoms with Crippen molar-refractivity contribution < 1.29 is 9.53 Å². The summed E-state index contributed by atoms with van der Waals surface area (Å²) < 4.78 is 6.00. The van der Waals surface area contributed by atoms with Crippen LogP contribution in [0.25, 0.3) is 5.78 Å². The minimum atomic E-state index is -0.346. The number of carbonyl (C=O) groups excluding carboxylic acids is 1. The van der Waals surface area contributed by atoms with Gasteiger partial charge in [0.15, 0.2) is 0 Å². The molecule has 0 fully saturated rings. The predicted molar refractivity (Wildman–Crippen MR) is 93.6 cm³/mol. The maximum absolute atomic E-state index is 12.1. The number of nitrogens with one attached hydrogen (secondary N) is 1. The summed E-state index contributed by atoms with van der Waals surface area (Å²) in [6.07, 6.45) is 0.868. The highest BCUT2D eigenvalue weighted by atomic mass is 16.5. The normalized spacial score (nSPS) is 14.3. The lowest BCUT2D eigenvalue weighted by Gasteiger charge is -2.28. The summed E-state index contributed by atoms with van der Waals surface area (Å²) in [5.74, 6) is 0.0607. The number of hydrogen-bond donors (Lipinski definition) is 2. The van der Waals surface area contributed by atoms with Crippen molar-refractivity contribution in [1.82, 2.24) is 24.5 Å². The summed E-state index contributed by atoms with van der Waals surface area (Å²) >= 11 is 0. The summed E-state index contributed by atoms with van der Waals surface area (Å²) in [7, 11) is 1.37. The van der Waals surface area contributed by atoms with Crippen LogP contribution in [0.3, 0.4) is 0 Å². The van der Waals surface area contributed by atoms with Gasteiger partial charge in [0, 0.05) is 25.7 Å². The zero-order valence-electron chi connectivity index (χ0n) is 14.2. The number of nitrogen functional groups attached to an aromatic ring is 1. The molecule has 9 heteroatoms. The molecule has 0 saturated carbocycles.